The van der Waals surface area contributed by atoms with Gasteiger partial charge in [0, 0.05) is 44.3 Å². The van der Waals surface area contributed by atoms with E-state index in [1.54, 1.807) is 7.11 Å². The Morgan fingerprint density at radius 2 is 2.40 bits per heavy atom. The monoisotopic (exact) mass is 275 g/mol. The Morgan fingerprint density at radius 1 is 1.55 bits per heavy atom. The van der Waals surface area contributed by atoms with E-state index in [1.807, 2.05) is 22.8 Å². The van der Waals surface area contributed by atoms with Crippen LogP contribution in [0.3, 0.4) is 0 Å². The first-order valence-electron chi connectivity index (χ1n) is 7.18. The lowest BCUT2D eigenvalue weighted by Gasteiger charge is -2.33. The van der Waals surface area contributed by atoms with Gasteiger partial charge in [-0.3, -0.25) is 9.48 Å². The Labute approximate surface area is 119 Å². The van der Waals surface area contributed by atoms with Crippen molar-refractivity contribution >= 4 is 5.91 Å². The van der Waals surface area contributed by atoms with Crippen LogP contribution in [0.1, 0.15) is 36.4 Å². The number of nitrogens with zero attached hydrogens (tertiary/aromatic N) is 3. The lowest BCUT2D eigenvalue weighted by atomic mass is 9.96. The topological polar surface area (TPSA) is 47.4 Å². The highest BCUT2D eigenvalue weighted by Gasteiger charge is 2.32. The van der Waals surface area contributed by atoms with Crippen LogP contribution >= 0.6 is 0 Å². The number of amides is 1. The summed E-state index contributed by atoms with van der Waals surface area (Å²) in [6, 6.07) is 0. The van der Waals surface area contributed by atoms with Gasteiger partial charge in [0.15, 0.2) is 0 Å². The summed E-state index contributed by atoms with van der Waals surface area (Å²) >= 11 is 0. The lowest BCUT2D eigenvalue weighted by Crippen LogP contribution is -2.40. The highest BCUT2D eigenvalue weighted by molar-refractivity contribution is 5.94. The van der Waals surface area contributed by atoms with E-state index in [4.69, 9.17) is 4.74 Å². The minimum Gasteiger partial charge on any atom is -0.384 e. The van der Waals surface area contributed by atoms with Gasteiger partial charge in [-0.05, 0) is 19.3 Å². The summed E-state index contributed by atoms with van der Waals surface area (Å²) in [5.74, 6) is 0.403. The van der Waals surface area contributed by atoms with Gasteiger partial charge in [0.25, 0.3) is 0 Å². The van der Waals surface area contributed by atoms with Crippen molar-refractivity contribution in [3.8, 4) is 0 Å². The van der Waals surface area contributed by atoms with Gasteiger partial charge in [0.1, 0.15) is 0 Å². The molecule has 1 aliphatic carbocycles. The minimum atomic E-state index is 0.193. The number of carbonyl (C=O) groups excluding carboxylic acids is 1. The summed E-state index contributed by atoms with van der Waals surface area (Å²) in [6.07, 6.45) is 7.03. The van der Waals surface area contributed by atoms with Crippen LogP contribution < -0.4 is 0 Å². The van der Waals surface area contributed by atoms with Gasteiger partial charge in [-0.1, -0.05) is 6.08 Å². The van der Waals surface area contributed by atoms with E-state index in [-0.39, 0.29) is 11.8 Å². The molecule has 0 fully saturated rings. The average molecular weight is 275 g/mol. The molecule has 5 heteroatoms. The third-order valence-corrected chi connectivity index (χ3v) is 4.22. The van der Waals surface area contributed by atoms with E-state index in [0.29, 0.717) is 13.2 Å². The Bertz CT molecular complexity index is 547. The molecule has 1 aliphatic heterocycles. The standard InChI is InChI=1S/C15H21N3O2/c1-17-14-12(7-16-17)8-18(9-13(14)10-20-2)15(19)11-5-3-4-6-11/h5,7,13H,3-4,6,8-10H2,1-2H3/t13-/m0/s1. The van der Waals surface area contributed by atoms with E-state index in [1.165, 1.54) is 5.69 Å². The van der Waals surface area contributed by atoms with Crippen molar-refractivity contribution in [2.45, 2.75) is 31.7 Å². The number of hydrogen-bond donors (Lipinski definition) is 0. The average Bonchev–Trinajstić information content (AvgIpc) is 3.08. The predicted octanol–water partition coefficient (Wildman–Crippen LogP) is 1.60. The Hall–Kier alpha value is -1.62. The molecule has 0 N–H and O–H groups in total. The van der Waals surface area contributed by atoms with Crippen LogP contribution in [-0.4, -0.2) is 40.8 Å². The molecule has 20 heavy (non-hydrogen) atoms. The quantitative estimate of drug-likeness (QED) is 0.842. The molecular formula is C15H21N3O2. The molecule has 0 bridgehead atoms. The van der Waals surface area contributed by atoms with Crippen molar-refractivity contribution in [3.05, 3.63) is 29.1 Å². The molecule has 0 unspecified atom stereocenters. The molecule has 3 rings (SSSR count). The number of aryl methyl sites for hydroxylation is 1. The largest absolute Gasteiger partial charge is 0.384 e. The van der Waals surface area contributed by atoms with Gasteiger partial charge in [-0.15, -0.1) is 0 Å². The second-order valence-corrected chi connectivity index (χ2v) is 5.64. The van der Waals surface area contributed by atoms with E-state index < -0.39 is 0 Å². The van der Waals surface area contributed by atoms with Crippen molar-refractivity contribution < 1.29 is 9.53 Å². The van der Waals surface area contributed by atoms with E-state index in [0.717, 1.165) is 36.9 Å². The Morgan fingerprint density at radius 3 is 3.10 bits per heavy atom. The number of ether oxygens (including phenoxy) is 1. The van der Waals surface area contributed by atoms with Crippen LogP contribution in [0.5, 0.6) is 0 Å². The van der Waals surface area contributed by atoms with E-state index >= 15 is 0 Å². The predicted molar refractivity (Wildman–Crippen MR) is 75.2 cm³/mol. The summed E-state index contributed by atoms with van der Waals surface area (Å²) in [4.78, 5) is 14.5. The third kappa shape index (κ3) is 2.26. The van der Waals surface area contributed by atoms with Crippen LogP contribution in [0.2, 0.25) is 0 Å². The maximum absolute atomic E-state index is 12.6. The molecule has 5 nitrogen and oxygen atoms in total. The molecule has 108 valence electrons. The normalized spacial score (nSPS) is 21.8. The molecule has 1 amide bonds. The molecule has 0 spiro atoms. The number of aromatic nitrogens is 2. The van der Waals surface area contributed by atoms with Gasteiger partial charge < -0.3 is 9.64 Å². The zero-order chi connectivity index (χ0) is 14.1. The molecule has 1 atom stereocenters. The number of fused-ring (bicyclic) bond motifs is 1. The zero-order valence-electron chi connectivity index (χ0n) is 12.1. The molecule has 0 aromatic carbocycles. The van der Waals surface area contributed by atoms with E-state index in [9.17, 15) is 4.79 Å². The smallest absolute Gasteiger partial charge is 0.249 e. The van der Waals surface area contributed by atoms with Crippen molar-refractivity contribution in [2.24, 2.45) is 7.05 Å². The van der Waals surface area contributed by atoms with E-state index in [2.05, 4.69) is 11.2 Å². The maximum Gasteiger partial charge on any atom is 0.249 e. The Kier molecular flexibility index (Phi) is 3.61. The van der Waals surface area contributed by atoms with Crippen LogP contribution in [0.15, 0.2) is 17.8 Å². The fraction of sp³-hybridized carbons (Fsp3) is 0.600. The Balaban J connectivity index is 1.84. The van der Waals surface area contributed by atoms with Crippen molar-refractivity contribution in [1.82, 2.24) is 14.7 Å². The van der Waals surface area contributed by atoms with Crippen molar-refractivity contribution in [1.29, 1.82) is 0 Å². The van der Waals surface area contributed by atoms with Gasteiger partial charge in [0.2, 0.25) is 5.91 Å². The lowest BCUT2D eigenvalue weighted by molar-refractivity contribution is -0.128. The molecular weight excluding hydrogens is 254 g/mol. The van der Waals surface area contributed by atoms with Crippen molar-refractivity contribution in [2.75, 3.05) is 20.3 Å². The van der Waals surface area contributed by atoms with Gasteiger partial charge in [0.05, 0.1) is 18.5 Å². The molecule has 2 heterocycles. The second kappa shape index (κ2) is 5.40. The minimum absolute atomic E-state index is 0.193. The summed E-state index contributed by atoms with van der Waals surface area (Å²) in [5.41, 5.74) is 3.33. The third-order valence-electron chi connectivity index (χ3n) is 4.22. The fourth-order valence-corrected chi connectivity index (χ4v) is 3.32. The fourth-order valence-electron chi connectivity index (χ4n) is 3.32. The first-order valence-corrected chi connectivity index (χ1v) is 7.18. The van der Waals surface area contributed by atoms with Gasteiger partial charge in [-0.25, -0.2) is 0 Å². The second-order valence-electron chi connectivity index (χ2n) is 5.64. The highest BCUT2D eigenvalue weighted by atomic mass is 16.5. The number of methoxy groups -OCH3 is 1. The molecule has 1 aromatic rings. The SMILES string of the molecule is COC[C@@H]1CN(C(=O)C2=CCCC2)Cc2cnn(C)c21. The number of allylic oxidation sites excluding steroid dienone is 1. The summed E-state index contributed by atoms with van der Waals surface area (Å²) in [5, 5.41) is 4.33. The summed E-state index contributed by atoms with van der Waals surface area (Å²) < 4.78 is 7.23. The summed E-state index contributed by atoms with van der Waals surface area (Å²) in [7, 11) is 3.66. The zero-order valence-corrected chi connectivity index (χ0v) is 12.1. The summed E-state index contributed by atoms with van der Waals surface area (Å²) in [6.45, 7) is 2.01. The molecule has 0 saturated carbocycles. The van der Waals surface area contributed by atoms with Crippen LogP contribution in [0.4, 0.5) is 0 Å². The molecule has 1 aromatic heterocycles. The molecule has 0 radical (unpaired) electrons. The van der Waals surface area contributed by atoms with Crippen molar-refractivity contribution in [3.63, 3.8) is 0 Å². The van der Waals surface area contributed by atoms with Crippen LogP contribution in [0, 0.1) is 0 Å². The maximum atomic E-state index is 12.6. The van der Waals surface area contributed by atoms with Gasteiger partial charge >= 0.3 is 0 Å². The molecule has 2 aliphatic rings. The van der Waals surface area contributed by atoms with Crippen LogP contribution in [0.25, 0.3) is 0 Å². The first kappa shape index (κ1) is 13.4. The highest BCUT2D eigenvalue weighted by Crippen LogP contribution is 2.30. The number of carbonyl (C=O) groups is 1. The first-order chi connectivity index (χ1) is 9.70. The number of rotatable bonds is 3. The van der Waals surface area contributed by atoms with Gasteiger partial charge in [-0.2, -0.15) is 5.10 Å². The number of hydrogen-bond acceptors (Lipinski definition) is 3. The van der Waals surface area contributed by atoms with Crippen LogP contribution in [-0.2, 0) is 23.1 Å². The molecule has 0 saturated heterocycles.